The zero-order valence-electron chi connectivity index (χ0n) is 17.1. The van der Waals surface area contributed by atoms with Crippen molar-refractivity contribution in [1.29, 1.82) is 0 Å². The van der Waals surface area contributed by atoms with E-state index in [0.717, 1.165) is 33.6 Å². The van der Waals surface area contributed by atoms with Crippen molar-refractivity contribution < 1.29 is 0 Å². The normalized spacial score (nSPS) is 11.0. The number of imidazole rings is 1. The lowest BCUT2D eigenvalue weighted by molar-refractivity contribution is 0.748. The average Bonchev–Trinajstić information content (AvgIpc) is 3.13. The topological polar surface area (TPSA) is 39.8 Å². The van der Waals surface area contributed by atoms with Crippen molar-refractivity contribution in [2.45, 2.75) is 33.7 Å². The molecule has 0 N–H and O–H groups in total. The van der Waals surface area contributed by atoms with E-state index in [2.05, 4.69) is 61.3 Å². The van der Waals surface area contributed by atoms with E-state index in [4.69, 9.17) is 0 Å². The Bertz CT molecular complexity index is 1200. The maximum absolute atomic E-state index is 13.0. The predicted molar refractivity (Wildman–Crippen MR) is 117 cm³/mol. The molecule has 4 nitrogen and oxygen atoms in total. The van der Waals surface area contributed by atoms with Gasteiger partial charge in [0.25, 0.3) is 5.56 Å². The fourth-order valence-corrected chi connectivity index (χ4v) is 3.63. The monoisotopic (exact) mass is 383 g/mol. The lowest BCUT2D eigenvalue weighted by Gasteiger charge is -2.11. The fraction of sp³-hybridized carbons (Fsp3) is 0.200. The summed E-state index contributed by atoms with van der Waals surface area (Å²) in [5.41, 5.74) is 7.63. The Kier molecular flexibility index (Phi) is 5.17. The van der Waals surface area contributed by atoms with E-state index in [0.29, 0.717) is 13.0 Å². The third kappa shape index (κ3) is 4.21. The molecule has 0 aliphatic rings. The van der Waals surface area contributed by atoms with Crippen molar-refractivity contribution in [2.24, 2.45) is 0 Å². The molecule has 0 atom stereocenters. The van der Waals surface area contributed by atoms with Gasteiger partial charge in [-0.3, -0.25) is 4.79 Å². The van der Waals surface area contributed by atoms with Crippen molar-refractivity contribution in [2.75, 3.05) is 0 Å². The molecule has 0 unspecified atom stereocenters. The van der Waals surface area contributed by atoms with E-state index in [-0.39, 0.29) is 5.56 Å². The Morgan fingerprint density at radius 2 is 1.69 bits per heavy atom. The van der Waals surface area contributed by atoms with Crippen molar-refractivity contribution in [3.63, 3.8) is 0 Å². The van der Waals surface area contributed by atoms with Crippen LogP contribution < -0.4 is 5.56 Å². The van der Waals surface area contributed by atoms with Gasteiger partial charge in [0.1, 0.15) is 0 Å². The first-order valence-electron chi connectivity index (χ1n) is 9.84. The van der Waals surface area contributed by atoms with Crippen LogP contribution in [0.3, 0.4) is 0 Å². The molecule has 2 heterocycles. The van der Waals surface area contributed by atoms with Gasteiger partial charge in [-0.05, 0) is 49.6 Å². The van der Waals surface area contributed by atoms with Crippen molar-refractivity contribution >= 4 is 0 Å². The second kappa shape index (κ2) is 7.92. The maximum Gasteiger partial charge on any atom is 0.254 e. The van der Waals surface area contributed by atoms with Gasteiger partial charge >= 0.3 is 0 Å². The lowest BCUT2D eigenvalue weighted by atomic mass is 10.0. The second-order valence-electron chi connectivity index (χ2n) is 7.67. The Morgan fingerprint density at radius 1 is 0.931 bits per heavy atom. The predicted octanol–water partition coefficient (Wildman–Crippen LogP) is 4.60. The van der Waals surface area contributed by atoms with Crippen LogP contribution in [0.5, 0.6) is 0 Å². The largest absolute Gasteiger partial charge is 0.311 e. The van der Waals surface area contributed by atoms with Crippen LogP contribution in [0.2, 0.25) is 0 Å². The van der Waals surface area contributed by atoms with E-state index in [1.807, 2.05) is 42.3 Å². The molecule has 4 aromatic rings. The molecule has 4 rings (SSSR count). The van der Waals surface area contributed by atoms with Crippen LogP contribution in [0.1, 0.15) is 33.5 Å². The van der Waals surface area contributed by atoms with Crippen LogP contribution in [-0.4, -0.2) is 14.1 Å². The number of hydrogen-bond acceptors (Lipinski definition) is 2. The number of nitrogens with zero attached hydrogens (tertiary/aromatic N) is 3. The van der Waals surface area contributed by atoms with Crippen molar-refractivity contribution in [3.05, 3.63) is 117 Å². The van der Waals surface area contributed by atoms with Crippen LogP contribution in [0.15, 0.2) is 78.1 Å². The summed E-state index contributed by atoms with van der Waals surface area (Å²) in [6, 6.07) is 18.5. The summed E-state index contributed by atoms with van der Waals surface area (Å²) in [7, 11) is 0. The molecule has 29 heavy (non-hydrogen) atoms. The van der Waals surface area contributed by atoms with Gasteiger partial charge < -0.3 is 9.13 Å². The van der Waals surface area contributed by atoms with Gasteiger partial charge in [-0.15, -0.1) is 0 Å². The van der Waals surface area contributed by atoms with E-state index in [1.165, 1.54) is 5.56 Å². The molecule has 0 saturated heterocycles. The molecule has 4 heteroatoms. The molecule has 0 radical (unpaired) electrons. The van der Waals surface area contributed by atoms with Crippen LogP contribution >= 0.6 is 0 Å². The van der Waals surface area contributed by atoms with E-state index in [9.17, 15) is 4.79 Å². The molecule has 0 saturated carbocycles. The summed E-state index contributed by atoms with van der Waals surface area (Å²) in [6.45, 7) is 6.73. The Labute approximate surface area is 171 Å². The zero-order chi connectivity index (χ0) is 20.4. The van der Waals surface area contributed by atoms with Gasteiger partial charge in [0.2, 0.25) is 0 Å². The number of hydrogen-bond donors (Lipinski definition) is 0. The number of benzene rings is 2. The Hall–Kier alpha value is -3.40. The Morgan fingerprint density at radius 3 is 2.38 bits per heavy atom. The van der Waals surface area contributed by atoms with E-state index >= 15 is 0 Å². The molecule has 0 fully saturated rings. The van der Waals surface area contributed by atoms with Crippen LogP contribution in [-0.2, 0) is 13.0 Å². The fourth-order valence-electron chi connectivity index (χ4n) is 3.63. The van der Waals surface area contributed by atoms with Gasteiger partial charge in [-0.25, -0.2) is 4.98 Å². The van der Waals surface area contributed by atoms with Gasteiger partial charge in [0.15, 0.2) is 0 Å². The summed E-state index contributed by atoms with van der Waals surface area (Å²) < 4.78 is 3.82. The number of pyridine rings is 1. The third-order valence-electron chi connectivity index (χ3n) is 5.22. The SMILES string of the molecule is Cc1ccc(Cn2cccc(Cc3ccc(-n4cnc(C)c4)c(C)c3)c2=O)cc1. The second-order valence-corrected chi connectivity index (χ2v) is 7.67. The molecule has 0 spiro atoms. The van der Waals surface area contributed by atoms with Gasteiger partial charge in [0, 0.05) is 30.1 Å². The van der Waals surface area contributed by atoms with Crippen molar-refractivity contribution in [3.8, 4) is 5.69 Å². The molecular formula is C25H25N3O. The summed E-state index contributed by atoms with van der Waals surface area (Å²) in [4.78, 5) is 17.3. The van der Waals surface area contributed by atoms with Crippen LogP contribution in [0.25, 0.3) is 5.69 Å². The quantitative estimate of drug-likeness (QED) is 0.505. The third-order valence-corrected chi connectivity index (χ3v) is 5.22. The van der Waals surface area contributed by atoms with Crippen LogP contribution in [0.4, 0.5) is 0 Å². The molecule has 0 bridgehead atoms. The first-order valence-corrected chi connectivity index (χ1v) is 9.84. The van der Waals surface area contributed by atoms with Crippen molar-refractivity contribution in [1.82, 2.24) is 14.1 Å². The molecule has 0 aliphatic carbocycles. The lowest BCUT2D eigenvalue weighted by Crippen LogP contribution is -2.23. The highest BCUT2D eigenvalue weighted by atomic mass is 16.1. The highest BCUT2D eigenvalue weighted by Gasteiger charge is 2.08. The standard InChI is InChI=1S/C25H25N3O/c1-18-6-8-21(9-7-18)16-27-12-4-5-23(25(27)29)14-22-10-11-24(19(2)13-22)28-15-20(3)26-17-28/h4-13,15,17H,14,16H2,1-3H3. The Balaban J connectivity index is 1.57. The molecule has 2 aromatic heterocycles. The summed E-state index contributed by atoms with van der Waals surface area (Å²) in [5, 5.41) is 0. The number of aryl methyl sites for hydroxylation is 3. The maximum atomic E-state index is 13.0. The molecule has 146 valence electrons. The van der Waals surface area contributed by atoms with E-state index in [1.54, 1.807) is 4.57 Å². The number of rotatable bonds is 5. The minimum atomic E-state index is 0.0695. The smallest absolute Gasteiger partial charge is 0.254 e. The highest BCUT2D eigenvalue weighted by Crippen LogP contribution is 2.18. The minimum Gasteiger partial charge on any atom is -0.311 e. The van der Waals surface area contributed by atoms with Gasteiger partial charge in [-0.2, -0.15) is 0 Å². The molecule has 0 aliphatic heterocycles. The molecule has 0 amide bonds. The summed E-state index contributed by atoms with van der Waals surface area (Å²) in [6.07, 6.45) is 6.33. The van der Waals surface area contributed by atoms with Crippen LogP contribution in [0, 0.1) is 20.8 Å². The molecular weight excluding hydrogens is 358 g/mol. The highest BCUT2D eigenvalue weighted by molar-refractivity contribution is 5.44. The van der Waals surface area contributed by atoms with Gasteiger partial charge in [-0.1, -0.05) is 48.0 Å². The average molecular weight is 383 g/mol. The number of aromatic nitrogens is 3. The minimum absolute atomic E-state index is 0.0695. The summed E-state index contributed by atoms with van der Waals surface area (Å²) >= 11 is 0. The first-order chi connectivity index (χ1) is 14.0. The zero-order valence-corrected chi connectivity index (χ0v) is 17.1. The first kappa shape index (κ1) is 18.9. The molecule has 2 aromatic carbocycles. The van der Waals surface area contributed by atoms with E-state index < -0.39 is 0 Å². The summed E-state index contributed by atoms with van der Waals surface area (Å²) in [5.74, 6) is 0. The van der Waals surface area contributed by atoms with Gasteiger partial charge in [0.05, 0.1) is 18.6 Å².